The van der Waals surface area contributed by atoms with E-state index in [0.717, 1.165) is 0 Å². The molecule has 4 nitrogen and oxygen atoms in total. The summed E-state index contributed by atoms with van der Waals surface area (Å²) >= 11 is 0. The topological polar surface area (TPSA) is 54.0 Å². The minimum absolute atomic E-state index is 0. The van der Waals surface area contributed by atoms with Crippen molar-refractivity contribution in [3.05, 3.63) is 161 Å². The van der Waals surface area contributed by atoms with Crippen molar-refractivity contribution in [2.24, 2.45) is 0 Å². The number of hydrogen-bond donors (Lipinski definition) is 0. The fourth-order valence-corrected chi connectivity index (χ4v) is 7.05. The minimum Gasteiger partial charge on any atom is -0.652 e. The van der Waals surface area contributed by atoms with Gasteiger partial charge in [-0.1, -0.05) is 145 Å². The van der Waals surface area contributed by atoms with Gasteiger partial charge in [0.05, 0.1) is 0 Å². The summed E-state index contributed by atoms with van der Waals surface area (Å²) in [5.74, 6) is -13.1. The molecule has 0 saturated heterocycles. The third-order valence-corrected chi connectivity index (χ3v) is 9.76. The van der Waals surface area contributed by atoms with Gasteiger partial charge in [-0.2, -0.15) is 0 Å². The van der Waals surface area contributed by atoms with Crippen molar-refractivity contribution in [2.45, 2.75) is 26.7 Å². The van der Waals surface area contributed by atoms with Gasteiger partial charge in [-0.25, -0.2) is 45.1 Å². The molecule has 0 aliphatic carbocycles. The van der Waals surface area contributed by atoms with Crippen LogP contribution in [-0.2, 0) is 16.8 Å². The van der Waals surface area contributed by atoms with Gasteiger partial charge in [0.1, 0.15) is 46.0 Å². The van der Waals surface area contributed by atoms with Gasteiger partial charge in [-0.15, -0.1) is 0 Å². The maximum Gasteiger partial charge on any atom is 2.00 e. The quantitative estimate of drug-likeness (QED) is 0.119. The summed E-state index contributed by atoms with van der Waals surface area (Å²) in [5, 5.41) is 0. The number of hydrogen-bond acceptors (Lipinski definition) is 2. The van der Waals surface area contributed by atoms with E-state index in [4.69, 9.17) is 0 Å². The van der Waals surface area contributed by atoms with E-state index in [2.05, 4.69) is 19.9 Å². The Balaban J connectivity index is 0.00000528. The molecule has 0 amide bonds. The van der Waals surface area contributed by atoms with Crippen LogP contribution in [0.3, 0.4) is 0 Å². The second-order valence-corrected chi connectivity index (χ2v) is 13.3. The predicted octanol–water partition coefficient (Wildman–Crippen LogP) is 13.4. The molecule has 0 saturated carbocycles. The normalized spacial score (nSPS) is 13.2. The van der Waals surface area contributed by atoms with E-state index in [1.807, 2.05) is 6.92 Å². The molecule has 59 heavy (non-hydrogen) atoms. The van der Waals surface area contributed by atoms with Crippen LogP contribution >= 0.6 is 0 Å². The smallest absolute Gasteiger partial charge is 0.652 e. The summed E-state index contributed by atoms with van der Waals surface area (Å²) in [5.41, 5.74) is -8.88. The summed E-state index contributed by atoms with van der Waals surface area (Å²) in [7, 11) is 0. The van der Waals surface area contributed by atoms with E-state index in [9.17, 15) is 0 Å². The number of halogens is 8. The monoisotopic (exact) mass is 847 g/mol. The van der Waals surface area contributed by atoms with Crippen LogP contribution in [0.5, 0.6) is 0 Å². The number of unbranched alkanes of at least 4 members (excludes halogenated alkanes) is 1. The first-order valence-electron chi connectivity index (χ1n) is 18.1. The van der Waals surface area contributed by atoms with E-state index in [-0.39, 0.29) is 39.0 Å². The zero-order valence-electron chi connectivity index (χ0n) is 31.0. The van der Waals surface area contributed by atoms with Crippen molar-refractivity contribution in [2.75, 3.05) is 0 Å². The largest absolute Gasteiger partial charge is 2.00 e. The van der Waals surface area contributed by atoms with E-state index in [0.29, 0.717) is 12.8 Å². The van der Waals surface area contributed by atoms with E-state index in [1.165, 1.54) is 91.9 Å². The van der Waals surface area contributed by atoms with Gasteiger partial charge in [0.15, 0.2) is 23.3 Å². The van der Waals surface area contributed by atoms with E-state index in [1.54, 1.807) is 24.3 Å². The van der Waals surface area contributed by atoms with Crippen LogP contribution < -0.4 is 9.97 Å². The van der Waals surface area contributed by atoms with Gasteiger partial charge >= 0.3 is 16.8 Å². The molecule has 1 radical (unpaired) electrons. The molecule has 2 aliphatic rings. The average molecular weight is 848 g/mol. The van der Waals surface area contributed by atoms with Crippen LogP contribution in [0.1, 0.15) is 55.0 Å². The molecular weight excluding hydrogens is 819 g/mol. The van der Waals surface area contributed by atoms with Crippen molar-refractivity contribution < 1.29 is 51.9 Å². The zero-order valence-corrected chi connectivity index (χ0v) is 32.0. The molecule has 0 N–H and O–H groups in total. The van der Waals surface area contributed by atoms with Crippen LogP contribution in [-0.4, -0.2) is 9.97 Å². The van der Waals surface area contributed by atoms with Crippen molar-refractivity contribution >= 4 is 50.9 Å². The van der Waals surface area contributed by atoms with Gasteiger partial charge in [0.25, 0.3) is 0 Å². The van der Waals surface area contributed by atoms with Gasteiger partial charge in [-0.05, 0) is 57.9 Å². The molecule has 3 aromatic heterocycles. The Morgan fingerprint density at radius 1 is 0.508 bits per heavy atom. The molecule has 0 spiro atoms. The fraction of sp³-hybridized carbons (Fsp3) is 0.0870. The first-order chi connectivity index (χ1) is 28.1. The fourth-order valence-electron chi connectivity index (χ4n) is 7.05. The first-order valence-corrected chi connectivity index (χ1v) is 18.1. The van der Waals surface area contributed by atoms with E-state index < -0.39 is 114 Å². The Bertz CT molecular complexity index is 2900. The van der Waals surface area contributed by atoms with Gasteiger partial charge in [0.2, 0.25) is 0 Å². The van der Waals surface area contributed by atoms with Crippen molar-refractivity contribution in [3.8, 4) is 33.4 Å². The third kappa shape index (κ3) is 6.83. The number of aromatic nitrogens is 4. The van der Waals surface area contributed by atoms with Gasteiger partial charge in [0, 0.05) is 0 Å². The van der Waals surface area contributed by atoms with Crippen molar-refractivity contribution in [3.63, 3.8) is 0 Å². The van der Waals surface area contributed by atoms with E-state index >= 15 is 35.1 Å². The van der Waals surface area contributed by atoms with Crippen LogP contribution in [0.15, 0.2) is 109 Å². The molecule has 8 rings (SSSR count). The third-order valence-electron chi connectivity index (χ3n) is 9.76. The van der Waals surface area contributed by atoms with Crippen molar-refractivity contribution in [1.29, 1.82) is 0 Å². The SMILES string of the molecule is C/C=C(\C=C/CCC)c1c2nc(c(-c3ccccc3)c3[n-]c(c(F)c3F)c(-c3ccccc3)c3nc(c(-c4ccccc4)c4[n-]c1c(F)c4F)C(F)=C3F)C(F)=C2F.[Co+2]. The summed E-state index contributed by atoms with van der Waals surface area (Å²) in [6.45, 7) is 3.40. The van der Waals surface area contributed by atoms with Gasteiger partial charge in [-0.3, -0.25) is 0 Å². The van der Waals surface area contributed by atoms with Crippen LogP contribution in [0.4, 0.5) is 35.1 Å². The Morgan fingerprint density at radius 2 is 0.847 bits per heavy atom. The summed E-state index contributed by atoms with van der Waals surface area (Å²) < 4.78 is 133. The minimum atomic E-state index is -1.64. The zero-order chi connectivity index (χ0) is 40.8. The molecule has 0 unspecified atom stereocenters. The standard InChI is InChI=1S/C46H28F8N4.Co/c1-3-5-9-16-23(4-2)27-39-31(47)33(49)41(55-39)28(24-17-10-6-11-18-24)43-35(51)37(53)45(57-43)30(26-21-14-8-15-22-26)46-38(54)36(52)44(58-46)29(25-19-12-7-13-20-25)42-34(50)32(48)40(27)56-42;/h4,6-22H,3,5H2,1-2H3;/q-2;+2/b16-9-,23-4+,39-27?,40-27?,41-28?,42-29?,43-28?,44-29?,45-30?,46-30?;. The molecule has 0 fully saturated rings. The number of rotatable bonds is 7. The number of fused-ring (bicyclic) bond motifs is 8. The van der Waals surface area contributed by atoms with Crippen LogP contribution in [0.25, 0.3) is 84.3 Å². The van der Waals surface area contributed by atoms with Crippen LogP contribution in [0, 0.1) is 23.3 Å². The molecule has 5 heterocycles. The van der Waals surface area contributed by atoms with Crippen LogP contribution in [0.2, 0.25) is 0 Å². The average Bonchev–Trinajstić information content (AvgIpc) is 3.90. The summed E-state index contributed by atoms with van der Waals surface area (Å²) in [4.78, 5) is 17.0. The van der Waals surface area contributed by atoms with Gasteiger partial charge < -0.3 is 9.97 Å². The predicted molar refractivity (Wildman–Crippen MR) is 211 cm³/mol. The van der Waals surface area contributed by atoms with Crippen molar-refractivity contribution in [1.82, 2.24) is 19.9 Å². The second kappa shape index (κ2) is 16.5. The molecule has 297 valence electrons. The molecule has 8 bridgehead atoms. The number of nitrogens with zero attached hydrogens (tertiary/aromatic N) is 4. The Labute approximate surface area is 342 Å². The number of allylic oxidation sites excluding steroid dienone is 4. The maximum atomic E-state index is 16.6. The molecular formula is C46H28CoF8N4. The second-order valence-electron chi connectivity index (χ2n) is 13.3. The Morgan fingerprint density at radius 3 is 1.22 bits per heavy atom. The molecule has 0 atom stereocenters. The molecule has 13 heteroatoms. The molecule has 6 aromatic rings. The summed E-state index contributed by atoms with van der Waals surface area (Å²) in [6.07, 6.45) is 5.74. The Hall–Kier alpha value is -6.31. The molecule has 3 aromatic carbocycles. The Kier molecular flexibility index (Phi) is 11.4. The molecule has 2 aliphatic heterocycles. The maximum absolute atomic E-state index is 16.6. The number of benzene rings is 3. The summed E-state index contributed by atoms with van der Waals surface area (Å²) in [6, 6.07) is 22.1. The first kappa shape index (κ1) is 40.9.